The SMILES string of the molecule is C=C/C=C/NI(O)/C=C(\N=C\c1ccc(Cl)cc1C)NCC. The topological polar surface area (TPSA) is 56.6 Å². The number of allylic oxidation sites excluding steroid dienone is 2. The molecule has 0 aliphatic carbocycles. The van der Waals surface area contributed by atoms with Crippen LogP contribution in [0.1, 0.15) is 18.1 Å². The molecule has 0 fully saturated rings. The van der Waals surface area contributed by atoms with Gasteiger partial charge in [-0.05, 0) is 0 Å². The molecule has 0 saturated heterocycles. The molecule has 1 aromatic carbocycles. The van der Waals surface area contributed by atoms with Gasteiger partial charge < -0.3 is 0 Å². The molecule has 0 atom stereocenters. The molecule has 0 aliphatic rings. The molecular formula is C16H21ClIN3O. The summed E-state index contributed by atoms with van der Waals surface area (Å²) in [5, 5.41) is 3.84. The summed E-state index contributed by atoms with van der Waals surface area (Å²) >= 11 is 3.55. The Bertz CT molecular complexity index is 585. The summed E-state index contributed by atoms with van der Waals surface area (Å²) in [6, 6.07) is 5.65. The Labute approximate surface area is 145 Å². The Morgan fingerprint density at radius 1 is 1.50 bits per heavy atom. The van der Waals surface area contributed by atoms with Crippen molar-refractivity contribution in [1.29, 1.82) is 0 Å². The van der Waals surface area contributed by atoms with Crippen LogP contribution in [0.3, 0.4) is 0 Å². The molecule has 6 heteroatoms. The van der Waals surface area contributed by atoms with Gasteiger partial charge in [0.25, 0.3) is 0 Å². The van der Waals surface area contributed by atoms with Crippen molar-refractivity contribution in [2.24, 2.45) is 4.99 Å². The molecule has 0 spiro atoms. The second-order valence-corrected chi connectivity index (χ2v) is 7.62. The third kappa shape index (κ3) is 7.11. The van der Waals surface area contributed by atoms with Gasteiger partial charge in [0, 0.05) is 0 Å². The Morgan fingerprint density at radius 3 is 2.91 bits per heavy atom. The van der Waals surface area contributed by atoms with Crippen LogP contribution < -0.4 is 8.85 Å². The summed E-state index contributed by atoms with van der Waals surface area (Å²) in [4.78, 5) is 4.42. The van der Waals surface area contributed by atoms with Crippen molar-refractivity contribution in [3.05, 3.63) is 69.2 Å². The van der Waals surface area contributed by atoms with Gasteiger partial charge in [-0.15, -0.1) is 0 Å². The summed E-state index contributed by atoms with van der Waals surface area (Å²) in [7, 11) is 0. The second kappa shape index (κ2) is 10.4. The third-order valence-corrected chi connectivity index (χ3v) is 4.96. The number of benzene rings is 1. The quantitative estimate of drug-likeness (QED) is 0.250. The number of aliphatic imine (C=N–C) groups is 1. The summed E-state index contributed by atoms with van der Waals surface area (Å²) in [6.07, 6.45) is 6.84. The van der Waals surface area contributed by atoms with Crippen molar-refractivity contribution in [2.75, 3.05) is 6.54 Å². The average molecular weight is 434 g/mol. The molecule has 1 rings (SSSR count). The molecule has 0 bridgehead atoms. The molecule has 0 radical (unpaired) electrons. The summed E-state index contributed by atoms with van der Waals surface area (Å²) in [6.45, 7) is 8.27. The van der Waals surface area contributed by atoms with E-state index < -0.39 is 20.5 Å². The van der Waals surface area contributed by atoms with Crippen LogP contribution in [0, 0.1) is 6.92 Å². The third-order valence-electron chi connectivity index (χ3n) is 2.55. The standard InChI is InChI=1S/C16H21ClIN3O/c1-4-6-9-21-18(22)11-16(19-5-2)20-12-14-7-8-15(17)10-13(14)3/h4,6-12,19,21-22H,1,5H2,2-3H3/b9-6+,16-11-,20-12+. The van der Waals surface area contributed by atoms with Gasteiger partial charge in [-0.1, -0.05) is 0 Å². The summed E-state index contributed by atoms with van der Waals surface area (Å²) < 4.78 is 14.7. The Morgan fingerprint density at radius 2 is 2.27 bits per heavy atom. The predicted octanol–water partition coefficient (Wildman–Crippen LogP) is 4.09. The monoisotopic (exact) mass is 433 g/mol. The van der Waals surface area contributed by atoms with E-state index in [1.165, 1.54) is 0 Å². The first-order valence-electron chi connectivity index (χ1n) is 6.74. The maximum absolute atomic E-state index is 10.0. The normalized spacial score (nSPS) is 12.7. The van der Waals surface area contributed by atoms with E-state index in [9.17, 15) is 3.44 Å². The number of halogens is 2. The number of rotatable bonds is 8. The Kier molecular flexibility index (Phi) is 8.88. The van der Waals surface area contributed by atoms with E-state index in [1.54, 1.807) is 28.6 Å². The van der Waals surface area contributed by atoms with Crippen molar-refractivity contribution >= 4 is 38.3 Å². The van der Waals surface area contributed by atoms with E-state index in [0.29, 0.717) is 10.8 Å². The molecule has 0 saturated carbocycles. The van der Waals surface area contributed by atoms with Gasteiger partial charge in [-0.2, -0.15) is 0 Å². The fourth-order valence-corrected chi connectivity index (χ4v) is 3.44. The molecular weight excluding hydrogens is 413 g/mol. The number of nitrogens with one attached hydrogen (secondary N) is 2. The van der Waals surface area contributed by atoms with E-state index in [0.717, 1.165) is 17.7 Å². The summed E-state index contributed by atoms with van der Waals surface area (Å²) in [5.41, 5.74) is 2.05. The number of hydrogen-bond donors (Lipinski definition) is 3. The predicted molar refractivity (Wildman–Crippen MR) is 104 cm³/mol. The van der Waals surface area contributed by atoms with Crippen molar-refractivity contribution in [2.45, 2.75) is 13.8 Å². The second-order valence-electron chi connectivity index (χ2n) is 4.28. The van der Waals surface area contributed by atoms with Gasteiger partial charge in [0.05, 0.1) is 0 Å². The molecule has 0 amide bonds. The van der Waals surface area contributed by atoms with Gasteiger partial charge in [-0.3, -0.25) is 0 Å². The maximum atomic E-state index is 10.0. The molecule has 0 unspecified atom stereocenters. The van der Waals surface area contributed by atoms with E-state index >= 15 is 0 Å². The van der Waals surface area contributed by atoms with Crippen LogP contribution in [0.5, 0.6) is 0 Å². The zero-order chi connectivity index (χ0) is 16.4. The van der Waals surface area contributed by atoms with Crippen molar-refractivity contribution in [1.82, 2.24) is 8.85 Å². The van der Waals surface area contributed by atoms with Crippen LogP contribution in [-0.4, -0.2) is 16.2 Å². The molecule has 22 heavy (non-hydrogen) atoms. The van der Waals surface area contributed by atoms with E-state index in [2.05, 4.69) is 20.4 Å². The van der Waals surface area contributed by atoms with Gasteiger partial charge in [-0.25, -0.2) is 0 Å². The fraction of sp³-hybridized carbons (Fsp3) is 0.188. The Hall–Kier alpha value is -1.31. The van der Waals surface area contributed by atoms with Crippen LogP contribution >= 0.6 is 32.1 Å². The van der Waals surface area contributed by atoms with E-state index in [-0.39, 0.29) is 0 Å². The number of hydrogen-bond acceptors (Lipinski definition) is 4. The van der Waals surface area contributed by atoms with Crippen molar-refractivity contribution in [3.63, 3.8) is 0 Å². The van der Waals surface area contributed by atoms with Crippen molar-refractivity contribution in [3.8, 4) is 0 Å². The van der Waals surface area contributed by atoms with Gasteiger partial charge in [0.1, 0.15) is 0 Å². The van der Waals surface area contributed by atoms with Crippen LogP contribution in [0.2, 0.25) is 5.02 Å². The van der Waals surface area contributed by atoms with Gasteiger partial charge in [0.2, 0.25) is 0 Å². The summed E-state index contributed by atoms with van der Waals surface area (Å²) in [5.74, 6) is 0.657. The van der Waals surface area contributed by atoms with Gasteiger partial charge >= 0.3 is 145 Å². The number of nitrogens with zero attached hydrogens (tertiary/aromatic N) is 1. The minimum absolute atomic E-state index is 0.657. The zero-order valence-corrected chi connectivity index (χ0v) is 15.6. The minimum atomic E-state index is -2.39. The van der Waals surface area contributed by atoms with Crippen molar-refractivity contribution < 1.29 is 3.44 Å². The van der Waals surface area contributed by atoms with Crippen LogP contribution in [-0.2, 0) is 0 Å². The fourth-order valence-electron chi connectivity index (χ4n) is 1.51. The Balaban J connectivity index is 2.83. The van der Waals surface area contributed by atoms with Crippen LogP contribution in [0.15, 0.2) is 58.0 Å². The molecule has 1 aromatic rings. The molecule has 0 aromatic heterocycles. The first kappa shape index (κ1) is 18.7. The zero-order valence-electron chi connectivity index (χ0n) is 12.7. The molecule has 0 aliphatic heterocycles. The first-order chi connectivity index (χ1) is 10.6. The molecule has 0 heterocycles. The average Bonchev–Trinajstić information content (AvgIpc) is 2.46. The van der Waals surface area contributed by atoms with E-state index in [1.807, 2.05) is 32.0 Å². The molecule has 4 nitrogen and oxygen atoms in total. The van der Waals surface area contributed by atoms with Crippen LogP contribution in [0.4, 0.5) is 0 Å². The van der Waals surface area contributed by atoms with E-state index in [4.69, 9.17) is 11.6 Å². The molecule has 120 valence electrons. The number of aryl methyl sites for hydroxylation is 1. The first-order valence-corrected chi connectivity index (χ1v) is 10.4. The van der Waals surface area contributed by atoms with Gasteiger partial charge in [0.15, 0.2) is 0 Å². The molecule has 3 N–H and O–H groups in total. The van der Waals surface area contributed by atoms with Crippen LogP contribution in [0.25, 0.3) is 0 Å².